The van der Waals surface area contributed by atoms with Gasteiger partial charge in [-0.05, 0) is 52.1 Å². The third-order valence-corrected chi connectivity index (χ3v) is 5.64. The molecule has 3 aromatic rings. The Bertz CT molecular complexity index is 799. The summed E-state index contributed by atoms with van der Waals surface area (Å²) >= 11 is 0. The van der Waals surface area contributed by atoms with Crippen molar-refractivity contribution in [1.82, 2.24) is 0 Å². The first-order valence-electron chi connectivity index (χ1n) is 10.8. The minimum absolute atomic E-state index is 1.21. The fraction of sp³-hybridized carbons (Fsp3) is 0.462. The predicted octanol–water partition coefficient (Wildman–Crippen LogP) is 8.46. The molecule has 138 valence electrons. The molecule has 0 heteroatoms. The molecule has 0 aromatic heterocycles. The Labute approximate surface area is 159 Å². The van der Waals surface area contributed by atoms with Crippen molar-refractivity contribution in [3.8, 4) is 0 Å². The number of hydrogen-bond donors (Lipinski definition) is 0. The second-order valence-electron chi connectivity index (χ2n) is 7.77. The van der Waals surface area contributed by atoms with E-state index in [9.17, 15) is 0 Å². The molecule has 0 aliphatic heterocycles. The first kappa shape index (κ1) is 19.0. The van der Waals surface area contributed by atoms with Gasteiger partial charge in [0.05, 0.1) is 0 Å². The molecule has 0 fully saturated rings. The highest BCUT2D eigenvalue weighted by molar-refractivity contribution is 5.99. The standard InChI is InChI=1S/C26H34/c1-2-3-4-5-6-7-8-9-10-11-15-22-18-14-19-25-20-23-16-12-13-17-24(23)21-26(22)25/h12-14,16-21H,2-11,15H2,1H3. The lowest BCUT2D eigenvalue weighted by molar-refractivity contribution is 0.556. The number of aryl methyl sites for hydroxylation is 1. The number of fused-ring (bicyclic) bond motifs is 2. The average Bonchev–Trinajstić information content (AvgIpc) is 2.68. The zero-order chi connectivity index (χ0) is 18.0. The van der Waals surface area contributed by atoms with E-state index in [1.165, 1.54) is 97.7 Å². The molecule has 0 atom stereocenters. The van der Waals surface area contributed by atoms with Gasteiger partial charge in [-0.1, -0.05) is 107 Å². The molecule has 0 aliphatic carbocycles. The molecule has 0 saturated carbocycles. The van der Waals surface area contributed by atoms with Crippen molar-refractivity contribution in [1.29, 1.82) is 0 Å². The monoisotopic (exact) mass is 346 g/mol. The van der Waals surface area contributed by atoms with E-state index in [2.05, 4.69) is 61.5 Å². The molecule has 3 aromatic carbocycles. The molecule has 0 N–H and O–H groups in total. The third-order valence-electron chi connectivity index (χ3n) is 5.64. The maximum atomic E-state index is 2.39. The molecule has 0 heterocycles. The molecular formula is C26H34. The van der Waals surface area contributed by atoms with Gasteiger partial charge in [-0.25, -0.2) is 0 Å². The van der Waals surface area contributed by atoms with Crippen molar-refractivity contribution in [2.24, 2.45) is 0 Å². The smallest absolute Gasteiger partial charge is 0.0146 e. The highest BCUT2D eigenvalue weighted by Gasteiger charge is 2.03. The first-order valence-corrected chi connectivity index (χ1v) is 10.8. The van der Waals surface area contributed by atoms with Gasteiger partial charge in [-0.3, -0.25) is 0 Å². The van der Waals surface area contributed by atoms with Crippen molar-refractivity contribution >= 4 is 21.5 Å². The van der Waals surface area contributed by atoms with Crippen molar-refractivity contribution < 1.29 is 0 Å². The van der Waals surface area contributed by atoms with Gasteiger partial charge in [0.25, 0.3) is 0 Å². The van der Waals surface area contributed by atoms with E-state index in [0.717, 1.165) is 0 Å². The second-order valence-corrected chi connectivity index (χ2v) is 7.77. The van der Waals surface area contributed by atoms with Crippen LogP contribution in [0.4, 0.5) is 0 Å². The molecule has 0 aliphatic rings. The lowest BCUT2D eigenvalue weighted by Gasteiger charge is -2.09. The van der Waals surface area contributed by atoms with Gasteiger partial charge in [0.2, 0.25) is 0 Å². The quantitative estimate of drug-likeness (QED) is 0.241. The fourth-order valence-electron chi connectivity index (χ4n) is 4.05. The minimum Gasteiger partial charge on any atom is -0.0654 e. The van der Waals surface area contributed by atoms with E-state index in [1.807, 2.05) is 0 Å². The number of rotatable bonds is 11. The summed E-state index contributed by atoms with van der Waals surface area (Å²) in [6.45, 7) is 2.29. The van der Waals surface area contributed by atoms with Crippen molar-refractivity contribution in [2.45, 2.75) is 77.6 Å². The summed E-state index contributed by atoms with van der Waals surface area (Å²) in [6, 6.07) is 20.2. The normalized spacial score (nSPS) is 11.4. The van der Waals surface area contributed by atoms with Crippen LogP contribution in [0.1, 0.15) is 76.7 Å². The lowest BCUT2D eigenvalue weighted by atomic mass is 9.96. The molecule has 0 amide bonds. The number of unbranched alkanes of at least 4 members (excludes halogenated alkanes) is 9. The molecular weight excluding hydrogens is 312 g/mol. The largest absolute Gasteiger partial charge is 0.0654 e. The summed E-state index contributed by atoms with van der Waals surface area (Å²) in [5.41, 5.74) is 1.52. The van der Waals surface area contributed by atoms with Crippen molar-refractivity contribution in [3.63, 3.8) is 0 Å². The topological polar surface area (TPSA) is 0 Å². The summed E-state index contributed by atoms with van der Waals surface area (Å²) in [7, 11) is 0. The maximum absolute atomic E-state index is 2.39. The zero-order valence-corrected chi connectivity index (χ0v) is 16.5. The summed E-state index contributed by atoms with van der Waals surface area (Å²) in [6.07, 6.45) is 15.3. The van der Waals surface area contributed by atoms with E-state index in [1.54, 1.807) is 0 Å². The van der Waals surface area contributed by atoms with Gasteiger partial charge >= 0.3 is 0 Å². The van der Waals surface area contributed by atoms with E-state index < -0.39 is 0 Å². The van der Waals surface area contributed by atoms with Crippen LogP contribution in [0.2, 0.25) is 0 Å². The Balaban J connectivity index is 1.46. The van der Waals surface area contributed by atoms with E-state index in [-0.39, 0.29) is 0 Å². The third kappa shape index (κ3) is 5.34. The highest BCUT2D eigenvalue weighted by atomic mass is 14.1. The van der Waals surface area contributed by atoms with Crippen LogP contribution in [0, 0.1) is 0 Å². The summed E-state index contributed by atoms with van der Waals surface area (Å²) < 4.78 is 0. The Morgan fingerprint density at radius 2 is 1.12 bits per heavy atom. The Morgan fingerprint density at radius 1 is 0.538 bits per heavy atom. The highest BCUT2D eigenvalue weighted by Crippen LogP contribution is 2.26. The minimum atomic E-state index is 1.21. The first-order chi connectivity index (χ1) is 12.9. The van der Waals surface area contributed by atoms with E-state index in [0.29, 0.717) is 0 Å². The van der Waals surface area contributed by atoms with Crippen molar-refractivity contribution in [2.75, 3.05) is 0 Å². The SMILES string of the molecule is CCCCCCCCCCCCc1cccc2cc3ccccc3cc12. The summed E-state index contributed by atoms with van der Waals surface area (Å²) in [5, 5.41) is 5.53. The predicted molar refractivity (Wildman–Crippen MR) is 117 cm³/mol. The Hall–Kier alpha value is -1.82. The molecule has 0 spiro atoms. The Morgan fingerprint density at radius 3 is 1.81 bits per heavy atom. The van der Waals surface area contributed by atoms with Gasteiger partial charge in [0.15, 0.2) is 0 Å². The lowest BCUT2D eigenvalue weighted by Crippen LogP contribution is -1.89. The molecule has 3 rings (SSSR count). The van der Waals surface area contributed by atoms with Gasteiger partial charge in [0.1, 0.15) is 0 Å². The number of benzene rings is 3. The zero-order valence-electron chi connectivity index (χ0n) is 16.5. The van der Waals surface area contributed by atoms with Crippen LogP contribution in [0.25, 0.3) is 21.5 Å². The molecule has 26 heavy (non-hydrogen) atoms. The van der Waals surface area contributed by atoms with Crippen LogP contribution in [0.15, 0.2) is 54.6 Å². The van der Waals surface area contributed by atoms with Crippen molar-refractivity contribution in [3.05, 3.63) is 60.2 Å². The van der Waals surface area contributed by atoms with Gasteiger partial charge in [-0.2, -0.15) is 0 Å². The second kappa shape index (κ2) is 10.4. The van der Waals surface area contributed by atoms with Gasteiger partial charge < -0.3 is 0 Å². The van der Waals surface area contributed by atoms with Gasteiger partial charge in [-0.15, -0.1) is 0 Å². The fourth-order valence-corrected chi connectivity index (χ4v) is 4.05. The average molecular weight is 347 g/mol. The number of hydrogen-bond acceptors (Lipinski definition) is 0. The van der Waals surface area contributed by atoms with Crippen LogP contribution in [-0.4, -0.2) is 0 Å². The summed E-state index contributed by atoms with van der Waals surface area (Å²) in [5.74, 6) is 0. The molecule has 0 radical (unpaired) electrons. The van der Waals surface area contributed by atoms with Crippen LogP contribution in [0.5, 0.6) is 0 Å². The molecule has 0 nitrogen and oxygen atoms in total. The summed E-state index contributed by atoms with van der Waals surface area (Å²) in [4.78, 5) is 0. The Kier molecular flexibility index (Phi) is 7.55. The van der Waals surface area contributed by atoms with Gasteiger partial charge in [0, 0.05) is 0 Å². The maximum Gasteiger partial charge on any atom is -0.0146 e. The van der Waals surface area contributed by atoms with Crippen LogP contribution in [0.3, 0.4) is 0 Å². The van der Waals surface area contributed by atoms with E-state index >= 15 is 0 Å². The van der Waals surface area contributed by atoms with Crippen LogP contribution >= 0.6 is 0 Å². The molecule has 0 saturated heterocycles. The van der Waals surface area contributed by atoms with Crippen LogP contribution in [-0.2, 0) is 6.42 Å². The van der Waals surface area contributed by atoms with Crippen LogP contribution < -0.4 is 0 Å². The van der Waals surface area contributed by atoms with E-state index in [4.69, 9.17) is 0 Å². The molecule has 0 unspecified atom stereocenters. The molecule has 0 bridgehead atoms.